The van der Waals surface area contributed by atoms with Crippen molar-refractivity contribution in [2.75, 3.05) is 11.1 Å². The van der Waals surface area contributed by atoms with E-state index < -0.39 is 12.3 Å². The Hall–Kier alpha value is -4.10. The van der Waals surface area contributed by atoms with Crippen molar-refractivity contribution in [3.8, 4) is 5.69 Å². The molecule has 2 heterocycles. The van der Waals surface area contributed by atoms with Crippen molar-refractivity contribution in [3.63, 3.8) is 0 Å². The van der Waals surface area contributed by atoms with Gasteiger partial charge in [-0.2, -0.15) is 4.68 Å². The Morgan fingerprint density at radius 1 is 0.952 bits per heavy atom. The fourth-order valence-electron chi connectivity index (χ4n) is 4.63. The quantitative estimate of drug-likeness (QED) is 0.213. The number of carbonyl (C=O) groups excluding carboxylic acids is 1. The molecule has 5 rings (SSSR count). The predicted octanol–water partition coefficient (Wildman–Crippen LogP) is 4.54. The lowest BCUT2D eigenvalue weighted by atomic mass is 9.91. The van der Waals surface area contributed by atoms with Crippen molar-refractivity contribution in [3.05, 3.63) is 95.6 Å². The molecule has 0 radical (unpaired) electrons. The molecule has 4 aromatic rings. The van der Waals surface area contributed by atoms with Gasteiger partial charge in [-0.25, -0.2) is 0 Å². The SMILES string of the molecule is C[C@@H]1[C@H](CSc2nnnn2-c2ccccc2)O[C@H](c2ccc(NC(=O)CCC(=O)O)cc2)O[C@@H]1c1ccc(CO)cc1. The van der Waals surface area contributed by atoms with Crippen molar-refractivity contribution >= 4 is 29.3 Å². The zero-order valence-electron chi connectivity index (χ0n) is 22.9. The molecule has 0 bridgehead atoms. The number of nitrogens with one attached hydrogen (secondary N) is 1. The minimum atomic E-state index is -1.02. The van der Waals surface area contributed by atoms with Crippen molar-refractivity contribution < 1.29 is 29.3 Å². The minimum absolute atomic E-state index is 0.0254. The van der Waals surface area contributed by atoms with Crippen LogP contribution in [0.25, 0.3) is 5.69 Å². The molecule has 1 aliphatic heterocycles. The number of aliphatic hydroxyl groups excluding tert-OH is 1. The summed E-state index contributed by atoms with van der Waals surface area (Å²) < 4.78 is 14.7. The Kier molecular flexibility index (Phi) is 9.59. The number of aliphatic hydroxyl groups is 1. The Morgan fingerprint density at radius 3 is 2.36 bits per heavy atom. The van der Waals surface area contributed by atoms with Crippen LogP contribution in [-0.2, 0) is 25.7 Å². The van der Waals surface area contributed by atoms with Gasteiger partial charge in [0.15, 0.2) is 6.29 Å². The smallest absolute Gasteiger partial charge is 0.303 e. The van der Waals surface area contributed by atoms with E-state index in [9.17, 15) is 14.7 Å². The maximum atomic E-state index is 12.1. The van der Waals surface area contributed by atoms with Crippen LogP contribution in [-0.4, -0.2) is 54.2 Å². The van der Waals surface area contributed by atoms with Crippen LogP contribution in [0.4, 0.5) is 5.69 Å². The predicted molar refractivity (Wildman–Crippen MR) is 155 cm³/mol. The number of tetrazole rings is 1. The van der Waals surface area contributed by atoms with Crippen LogP contribution in [0.5, 0.6) is 0 Å². The third-order valence-corrected chi connectivity index (χ3v) is 7.98. The van der Waals surface area contributed by atoms with Crippen LogP contribution in [0.15, 0.2) is 84.0 Å². The highest BCUT2D eigenvalue weighted by atomic mass is 32.2. The molecule has 3 N–H and O–H groups in total. The average Bonchev–Trinajstić information content (AvgIpc) is 3.49. The van der Waals surface area contributed by atoms with Crippen LogP contribution in [0.2, 0.25) is 0 Å². The van der Waals surface area contributed by atoms with Crippen molar-refractivity contribution in [2.24, 2.45) is 5.92 Å². The Labute approximate surface area is 246 Å². The molecule has 0 saturated carbocycles. The number of para-hydroxylation sites is 1. The van der Waals surface area contributed by atoms with Crippen LogP contribution >= 0.6 is 11.8 Å². The van der Waals surface area contributed by atoms with Gasteiger partial charge in [-0.1, -0.05) is 73.3 Å². The van der Waals surface area contributed by atoms with E-state index in [0.717, 1.165) is 22.4 Å². The number of aliphatic carboxylic acids is 1. The number of benzene rings is 3. The number of thioether (sulfide) groups is 1. The topological polar surface area (TPSA) is 149 Å². The zero-order valence-corrected chi connectivity index (χ0v) is 23.7. The highest BCUT2D eigenvalue weighted by Crippen LogP contribution is 2.43. The number of amides is 1. The first-order valence-corrected chi connectivity index (χ1v) is 14.5. The number of hydrogen-bond acceptors (Lipinski definition) is 9. The first kappa shape index (κ1) is 29.4. The van der Waals surface area contributed by atoms with E-state index in [-0.39, 0.29) is 43.5 Å². The van der Waals surface area contributed by atoms with E-state index in [2.05, 4.69) is 27.8 Å². The fourth-order valence-corrected chi connectivity index (χ4v) is 5.69. The number of nitrogens with zero attached hydrogens (tertiary/aromatic N) is 4. The summed E-state index contributed by atoms with van der Waals surface area (Å²) in [5, 5.41) is 33.9. The molecule has 1 amide bonds. The number of hydrogen-bond donors (Lipinski definition) is 3. The van der Waals surface area contributed by atoms with Gasteiger partial charge in [-0.3, -0.25) is 9.59 Å². The summed E-state index contributed by atoms with van der Waals surface area (Å²) in [6, 6.07) is 24.5. The molecule has 0 unspecified atom stereocenters. The van der Waals surface area contributed by atoms with Gasteiger partial charge in [0, 0.05) is 29.3 Å². The summed E-state index contributed by atoms with van der Waals surface area (Å²) in [5.41, 5.74) is 3.97. The number of rotatable bonds is 11. The summed E-state index contributed by atoms with van der Waals surface area (Å²) >= 11 is 1.50. The normalized spacial score (nSPS) is 20.2. The summed E-state index contributed by atoms with van der Waals surface area (Å²) in [6.07, 6.45) is -1.54. The first-order chi connectivity index (χ1) is 20.4. The molecular weight excluding hydrogens is 558 g/mol. The second kappa shape index (κ2) is 13.7. The van der Waals surface area contributed by atoms with Crippen LogP contribution in [0.3, 0.4) is 0 Å². The van der Waals surface area contributed by atoms with Gasteiger partial charge in [-0.05, 0) is 45.8 Å². The highest BCUT2D eigenvalue weighted by Gasteiger charge is 2.38. The van der Waals surface area contributed by atoms with Gasteiger partial charge < -0.3 is 25.0 Å². The second-order valence-corrected chi connectivity index (χ2v) is 10.9. The van der Waals surface area contributed by atoms with Gasteiger partial charge in [0.2, 0.25) is 11.1 Å². The minimum Gasteiger partial charge on any atom is -0.481 e. The second-order valence-electron chi connectivity index (χ2n) is 9.91. The molecule has 0 spiro atoms. The lowest BCUT2D eigenvalue weighted by Gasteiger charge is -2.41. The van der Waals surface area contributed by atoms with E-state index in [1.54, 1.807) is 16.8 Å². The number of carboxylic acid groups (broad SMARTS) is 1. The maximum absolute atomic E-state index is 12.1. The molecule has 1 fully saturated rings. The summed E-state index contributed by atoms with van der Waals surface area (Å²) in [4.78, 5) is 22.8. The number of carboxylic acids is 1. The van der Waals surface area contributed by atoms with Crippen LogP contribution in [0, 0.1) is 5.92 Å². The first-order valence-electron chi connectivity index (χ1n) is 13.5. The third-order valence-electron chi connectivity index (χ3n) is 6.97. The fraction of sp³-hybridized carbons (Fsp3) is 0.300. The Bertz CT molecular complexity index is 1480. The molecule has 42 heavy (non-hydrogen) atoms. The molecule has 11 nitrogen and oxygen atoms in total. The highest BCUT2D eigenvalue weighted by molar-refractivity contribution is 7.99. The maximum Gasteiger partial charge on any atom is 0.303 e. The standard InChI is InChI=1S/C30H31N5O6S/c1-19-25(18-42-30-32-33-34-35(30)24-5-3-2-4-6-24)40-29(41-28(19)21-9-7-20(17-36)8-10-21)22-11-13-23(14-12-22)31-26(37)15-16-27(38)39/h2-14,19,25,28-29,36H,15-18H2,1H3,(H,31,37)(H,38,39)/t19-,25+,28+,29+/m1/s1. The third kappa shape index (κ3) is 7.21. The van der Waals surface area contributed by atoms with Gasteiger partial charge in [0.05, 0.1) is 30.9 Å². The molecule has 12 heteroatoms. The number of anilines is 1. The van der Waals surface area contributed by atoms with Gasteiger partial charge in [0.1, 0.15) is 0 Å². The Morgan fingerprint density at radius 2 is 1.67 bits per heavy atom. The molecule has 0 aliphatic carbocycles. The van der Waals surface area contributed by atoms with Gasteiger partial charge in [0.25, 0.3) is 0 Å². The number of aromatic nitrogens is 4. The van der Waals surface area contributed by atoms with Crippen LogP contribution < -0.4 is 5.32 Å². The van der Waals surface area contributed by atoms with Crippen molar-refractivity contribution in [2.45, 2.75) is 50.0 Å². The van der Waals surface area contributed by atoms with E-state index in [0.29, 0.717) is 16.6 Å². The summed E-state index contributed by atoms with van der Waals surface area (Å²) in [6.45, 7) is 2.05. The number of carbonyl (C=O) groups is 2. The van der Waals surface area contributed by atoms with Crippen molar-refractivity contribution in [1.82, 2.24) is 20.2 Å². The molecule has 1 aromatic heterocycles. The Balaban J connectivity index is 1.34. The van der Waals surface area contributed by atoms with E-state index in [1.807, 2.05) is 66.7 Å². The van der Waals surface area contributed by atoms with Gasteiger partial charge >= 0.3 is 5.97 Å². The zero-order chi connectivity index (χ0) is 29.5. The van der Waals surface area contributed by atoms with Gasteiger partial charge in [-0.15, -0.1) is 5.10 Å². The van der Waals surface area contributed by atoms with E-state index in [4.69, 9.17) is 14.6 Å². The monoisotopic (exact) mass is 589 g/mol. The van der Waals surface area contributed by atoms with Crippen LogP contribution in [0.1, 0.15) is 48.8 Å². The molecule has 1 saturated heterocycles. The van der Waals surface area contributed by atoms with Crippen molar-refractivity contribution in [1.29, 1.82) is 0 Å². The largest absolute Gasteiger partial charge is 0.481 e. The summed E-state index contributed by atoms with van der Waals surface area (Å²) in [7, 11) is 0. The lowest BCUT2D eigenvalue weighted by molar-refractivity contribution is -0.268. The molecule has 4 atom stereocenters. The van der Waals surface area contributed by atoms with E-state index >= 15 is 0 Å². The average molecular weight is 590 g/mol. The number of ether oxygens (including phenoxy) is 2. The molecule has 3 aromatic carbocycles. The molecule has 218 valence electrons. The summed E-state index contributed by atoms with van der Waals surface area (Å²) in [5.74, 6) is -0.851. The molecule has 1 aliphatic rings. The lowest BCUT2D eigenvalue weighted by Crippen LogP contribution is -2.38. The van der Waals surface area contributed by atoms with E-state index in [1.165, 1.54) is 11.8 Å². The molecular formula is C30H31N5O6S.